The largest absolute Gasteiger partial charge is 0.415 e. The molecule has 3 aromatic rings. The number of hydrogen-bond acceptors (Lipinski definition) is 6. The van der Waals surface area contributed by atoms with Gasteiger partial charge in [0.1, 0.15) is 11.6 Å². The molecule has 12 heteroatoms. The molecule has 0 N–H and O–H groups in total. The summed E-state index contributed by atoms with van der Waals surface area (Å²) < 4.78 is 60.1. The second kappa shape index (κ2) is 11.0. The van der Waals surface area contributed by atoms with Gasteiger partial charge in [-0.05, 0) is 67.1 Å². The van der Waals surface area contributed by atoms with Gasteiger partial charge >= 0.3 is 6.43 Å². The Morgan fingerprint density at radius 3 is 2.47 bits per heavy atom. The van der Waals surface area contributed by atoms with Crippen molar-refractivity contribution >= 4 is 33.7 Å². The number of likely N-dealkylation sites (tertiary alicyclic amines) is 1. The molecule has 2 aromatic carbocycles. The van der Waals surface area contributed by atoms with Gasteiger partial charge in [0.25, 0.3) is 5.89 Å². The fourth-order valence-electron chi connectivity index (χ4n) is 4.23. The highest BCUT2D eigenvalue weighted by Gasteiger charge is 2.26. The van der Waals surface area contributed by atoms with Crippen LogP contribution in [0.4, 0.5) is 28.9 Å². The highest BCUT2D eigenvalue weighted by atomic mass is 79.9. The van der Waals surface area contributed by atoms with E-state index in [0.29, 0.717) is 17.8 Å². The highest BCUT2D eigenvalue weighted by Crippen LogP contribution is 2.37. The summed E-state index contributed by atoms with van der Waals surface area (Å²) in [5, 5.41) is 6.76. The number of carbonyl (C=O) groups is 1. The van der Waals surface area contributed by atoms with Crippen LogP contribution in [0.3, 0.4) is 0 Å². The van der Waals surface area contributed by atoms with Gasteiger partial charge in [-0.3, -0.25) is 4.79 Å². The van der Waals surface area contributed by atoms with E-state index in [0.717, 1.165) is 32.0 Å². The number of benzene rings is 2. The van der Waals surface area contributed by atoms with Crippen molar-refractivity contribution in [3.8, 4) is 11.5 Å². The maximum absolute atomic E-state index is 15.0. The molecule has 1 fully saturated rings. The Morgan fingerprint density at radius 1 is 1.14 bits per heavy atom. The number of halogens is 5. The predicted molar refractivity (Wildman–Crippen MR) is 130 cm³/mol. The third kappa shape index (κ3) is 5.54. The Morgan fingerprint density at radius 2 is 1.86 bits per heavy atom. The number of piperidine rings is 1. The first kappa shape index (κ1) is 26.1. The number of rotatable bonds is 8. The molecule has 4 rings (SSSR count). The van der Waals surface area contributed by atoms with E-state index in [4.69, 9.17) is 4.42 Å². The number of amides is 1. The third-order valence-electron chi connectivity index (χ3n) is 6.34. The van der Waals surface area contributed by atoms with E-state index >= 15 is 0 Å². The van der Waals surface area contributed by atoms with E-state index < -0.39 is 24.0 Å². The molecule has 0 bridgehead atoms. The van der Waals surface area contributed by atoms with E-state index in [-0.39, 0.29) is 34.1 Å². The van der Waals surface area contributed by atoms with Crippen molar-refractivity contribution in [2.45, 2.75) is 31.9 Å². The van der Waals surface area contributed by atoms with E-state index in [1.54, 1.807) is 6.07 Å². The van der Waals surface area contributed by atoms with Crippen LogP contribution in [0.5, 0.6) is 0 Å². The van der Waals surface area contributed by atoms with Gasteiger partial charge in [0.15, 0.2) is 0 Å². The van der Waals surface area contributed by atoms with Gasteiger partial charge in [-0.2, -0.15) is 8.78 Å². The summed E-state index contributed by atoms with van der Waals surface area (Å²) in [6.07, 6.45) is -0.609. The minimum atomic E-state index is -2.94. The van der Waals surface area contributed by atoms with Crippen molar-refractivity contribution in [1.29, 1.82) is 0 Å². The molecule has 192 valence electrons. The van der Waals surface area contributed by atoms with Crippen molar-refractivity contribution in [2.75, 3.05) is 37.0 Å². The number of hydrogen-bond donors (Lipinski definition) is 0. The number of alkyl halides is 2. The summed E-state index contributed by atoms with van der Waals surface area (Å²) >= 11 is 3.23. The second-order valence-electron chi connectivity index (χ2n) is 8.69. The maximum Gasteiger partial charge on any atom is 0.314 e. The zero-order valence-corrected chi connectivity index (χ0v) is 21.2. The molecule has 1 aromatic heterocycles. The number of carbonyl (C=O) groups excluding carboxylic acids is 1. The van der Waals surface area contributed by atoms with Crippen LogP contribution in [0.1, 0.15) is 30.7 Å². The quantitative estimate of drug-likeness (QED) is 0.267. The summed E-state index contributed by atoms with van der Waals surface area (Å²) in [5.41, 5.74) is 1.18. The molecule has 1 amide bonds. The van der Waals surface area contributed by atoms with E-state index in [1.165, 1.54) is 23.1 Å². The Bertz CT molecular complexity index is 1230. The molecule has 7 nitrogen and oxygen atoms in total. The van der Waals surface area contributed by atoms with Crippen LogP contribution in [0.15, 0.2) is 39.2 Å². The SMILES string of the molecule is CN1CCC(N(C)c2cc(Br)c(F)cc2N(C=O)Cc2ccc(-c3nnc(C(F)F)o3)cc2F)CC1. The topological polar surface area (TPSA) is 65.7 Å². The molecule has 1 aliphatic heterocycles. The van der Waals surface area contributed by atoms with Gasteiger partial charge in [0, 0.05) is 30.3 Å². The van der Waals surface area contributed by atoms with Crippen molar-refractivity contribution in [1.82, 2.24) is 15.1 Å². The lowest BCUT2D eigenvalue weighted by atomic mass is 10.0. The molecular formula is C24H24BrF4N5O2. The molecular weight excluding hydrogens is 546 g/mol. The van der Waals surface area contributed by atoms with E-state index in [1.807, 2.05) is 11.9 Å². The zero-order chi connectivity index (χ0) is 26.0. The first-order valence-electron chi connectivity index (χ1n) is 11.2. The minimum Gasteiger partial charge on any atom is -0.415 e. The van der Waals surface area contributed by atoms with Gasteiger partial charge in [-0.25, -0.2) is 8.78 Å². The third-order valence-corrected chi connectivity index (χ3v) is 6.95. The molecule has 0 atom stereocenters. The molecule has 0 radical (unpaired) electrons. The van der Waals surface area contributed by atoms with Gasteiger partial charge in [0.05, 0.1) is 22.4 Å². The van der Waals surface area contributed by atoms with E-state index in [9.17, 15) is 22.4 Å². The average molecular weight is 570 g/mol. The molecule has 1 aliphatic rings. The van der Waals surface area contributed by atoms with Crippen LogP contribution in [0.25, 0.3) is 11.5 Å². The second-order valence-corrected chi connectivity index (χ2v) is 9.54. The molecule has 0 unspecified atom stereocenters. The average Bonchev–Trinajstić information content (AvgIpc) is 3.36. The van der Waals surface area contributed by atoms with Crippen LogP contribution in [0.2, 0.25) is 0 Å². The summed E-state index contributed by atoms with van der Waals surface area (Å²) in [4.78, 5) is 17.6. The van der Waals surface area contributed by atoms with Gasteiger partial charge < -0.3 is 19.1 Å². The Labute approximate surface area is 213 Å². The van der Waals surface area contributed by atoms with Crippen molar-refractivity contribution in [3.63, 3.8) is 0 Å². The van der Waals surface area contributed by atoms with Crippen LogP contribution in [-0.2, 0) is 11.3 Å². The normalized spacial score (nSPS) is 14.9. The standard InChI is InChI=1S/C24H24BrF4N5O2/c1-32-7-5-16(6-8-32)33(2)20-10-17(25)19(27)11-21(20)34(13-35)12-15-4-3-14(9-18(15)26)23-30-31-24(36-23)22(28)29/h3-4,9-11,13,16,22H,5-8,12H2,1-2H3. The molecule has 1 saturated heterocycles. The van der Waals surface area contributed by atoms with Crippen LogP contribution < -0.4 is 9.80 Å². The van der Waals surface area contributed by atoms with Crippen LogP contribution in [-0.4, -0.2) is 54.7 Å². The fraction of sp³-hybridized carbons (Fsp3) is 0.375. The summed E-state index contributed by atoms with van der Waals surface area (Å²) in [7, 11) is 3.95. The Kier molecular flexibility index (Phi) is 7.94. The lowest BCUT2D eigenvalue weighted by Gasteiger charge is -2.38. The predicted octanol–water partition coefficient (Wildman–Crippen LogP) is 5.41. The summed E-state index contributed by atoms with van der Waals surface area (Å²) in [5.74, 6) is -2.38. The Hall–Kier alpha value is -2.99. The number of anilines is 2. The van der Waals surface area contributed by atoms with Crippen molar-refractivity contribution in [3.05, 3.63) is 57.9 Å². The molecule has 36 heavy (non-hydrogen) atoms. The number of nitrogens with zero attached hydrogens (tertiary/aromatic N) is 5. The van der Waals surface area contributed by atoms with Crippen molar-refractivity contribution < 1.29 is 26.8 Å². The monoisotopic (exact) mass is 569 g/mol. The summed E-state index contributed by atoms with van der Waals surface area (Å²) in [6.45, 7) is 1.65. The van der Waals surface area contributed by atoms with Gasteiger partial charge in [-0.15, -0.1) is 10.2 Å². The minimum absolute atomic E-state index is 0.116. The molecule has 0 aliphatic carbocycles. The Balaban J connectivity index is 1.61. The van der Waals surface area contributed by atoms with Crippen LogP contribution in [0, 0.1) is 11.6 Å². The number of aromatic nitrogens is 2. The first-order chi connectivity index (χ1) is 17.2. The molecule has 0 saturated carbocycles. The van der Waals surface area contributed by atoms with Gasteiger partial charge in [0.2, 0.25) is 12.3 Å². The summed E-state index contributed by atoms with van der Waals surface area (Å²) in [6, 6.07) is 6.94. The first-order valence-corrected chi connectivity index (χ1v) is 12.0. The van der Waals surface area contributed by atoms with Gasteiger partial charge in [-0.1, -0.05) is 6.07 Å². The lowest BCUT2D eigenvalue weighted by Crippen LogP contribution is -2.42. The van der Waals surface area contributed by atoms with E-state index in [2.05, 4.69) is 38.1 Å². The molecule has 0 spiro atoms. The highest BCUT2D eigenvalue weighted by molar-refractivity contribution is 9.10. The molecule has 2 heterocycles. The van der Waals surface area contributed by atoms with Crippen LogP contribution >= 0.6 is 15.9 Å². The smallest absolute Gasteiger partial charge is 0.314 e. The van der Waals surface area contributed by atoms with Crippen molar-refractivity contribution in [2.24, 2.45) is 0 Å². The lowest BCUT2D eigenvalue weighted by molar-refractivity contribution is -0.107. The fourth-order valence-corrected chi connectivity index (χ4v) is 4.56. The zero-order valence-electron chi connectivity index (χ0n) is 19.6. The maximum atomic E-state index is 15.0.